The first-order valence-corrected chi connectivity index (χ1v) is 5.81. The lowest BCUT2D eigenvalue weighted by Gasteiger charge is -2.12. The molecule has 1 aromatic heterocycles. The highest BCUT2D eigenvalue weighted by molar-refractivity contribution is 7.03. The predicted molar refractivity (Wildman–Crippen MR) is 57.9 cm³/mol. The summed E-state index contributed by atoms with van der Waals surface area (Å²) in [7, 11) is 0. The first-order valence-electron chi connectivity index (χ1n) is 4.97. The topological polar surface area (TPSA) is 62.2 Å². The quantitative estimate of drug-likeness (QED) is 0.803. The van der Waals surface area contributed by atoms with Crippen molar-refractivity contribution in [3.05, 3.63) is 16.6 Å². The molecule has 0 bridgehead atoms. The van der Waals surface area contributed by atoms with E-state index >= 15 is 0 Å². The van der Waals surface area contributed by atoms with Gasteiger partial charge in [0.1, 0.15) is 0 Å². The van der Waals surface area contributed by atoms with Gasteiger partial charge in [-0.2, -0.15) is 4.37 Å². The van der Waals surface area contributed by atoms with Gasteiger partial charge in [-0.1, -0.05) is 0 Å². The monoisotopic (exact) mass is 226 g/mol. The number of nitrogens with zero attached hydrogens (tertiary/aromatic N) is 1. The average Bonchev–Trinajstić information content (AvgIpc) is 2.91. The molecule has 1 fully saturated rings. The van der Waals surface area contributed by atoms with Crippen molar-refractivity contribution in [3.8, 4) is 0 Å². The van der Waals surface area contributed by atoms with E-state index in [1.807, 2.05) is 6.92 Å². The number of rotatable bonds is 4. The summed E-state index contributed by atoms with van der Waals surface area (Å²) in [5.74, 6) is -0.0824. The number of carbonyl (C=O) groups excluding carboxylic acids is 1. The number of aliphatic hydroxyl groups is 1. The number of aromatic nitrogens is 1. The second-order valence-corrected chi connectivity index (χ2v) is 4.78. The molecule has 0 unspecified atom stereocenters. The molecule has 82 valence electrons. The third kappa shape index (κ3) is 2.18. The zero-order valence-electron chi connectivity index (χ0n) is 8.62. The Kier molecular flexibility index (Phi) is 2.75. The molecular formula is C10H14N2O2S. The first kappa shape index (κ1) is 10.6. The second kappa shape index (κ2) is 3.90. The zero-order chi connectivity index (χ0) is 10.9. The van der Waals surface area contributed by atoms with E-state index in [2.05, 4.69) is 9.69 Å². The normalized spacial score (nSPS) is 17.5. The molecule has 0 spiro atoms. The summed E-state index contributed by atoms with van der Waals surface area (Å²) < 4.78 is 4.05. The minimum Gasteiger partial charge on any atom is -0.396 e. The van der Waals surface area contributed by atoms with Crippen molar-refractivity contribution in [1.29, 1.82) is 0 Å². The Morgan fingerprint density at radius 2 is 2.47 bits per heavy atom. The van der Waals surface area contributed by atoms with E-state index in [1.165, 1.54) is 11.5 Å². The van der Waals surface area contributed by atoms with Gasteiger partial charge in [0.25, 0.3) is 5.91 Å². The lowest BCUT2D eigenvalue weighted by Crippen LogP contribution is -2.31. The molecule has 2 N–H and O–H groups in total. The third-order valence-electron chi connectivity index (χ3n) is 2.91. The predicted octanol–water partition coefficient (Wildman–Crippen LogP) is 0.954. The van der Waals surface area contributed by atoms with Crippen molar-refractivity contribution in [2.45, 2.75) is 19.8 Å². The summed E-state index contributed by atoms with van der Waals surface area (Å²) in [6, 6.07) is 0. The summed E-state index contributed by atoms with van der Waals surface area (Å²) in [6.45, 7) is 2.55. The largest absolute Gasteiger partial charge is 0.396 e. The van der Waals surface area contributed by atoms with Crippen LogP contribution in [0.25, 0.3) is 0 Å². The molecule has 0 atom stereocenters. The van der Waals surface area contributed by atoms with Crippen LogP contribution < -0.4 is 5.32 Å². The van der Waals surface area contributed by atoms with Crippen LogP contribution in [0.2, 0.25) is 0 Å². The molecule has 15 heavy (non-hydrogen) atoms. The van der Waals surface area contributed by atoms with E-state index in [0.29, 0.717) is 12.1 Å². The fraction of sp³-hybridized carbons (Fsp3) is 0.600. The minimum atomic E-state index is -0.0824. The van der Waals surface area contributed by atoms with Gasteiger partial charge in [0.05, 0.1) is 17.9 Å². The van der Waals surface area contributed by atoms with Crippen LogP contribution in [-0.4, -0.2) is 28.5 Å². The maximum atomic E-state index is 11.7. The number of carbonyl (C=O) groups is 1. The Bertz CT molecular complexity index is 371. The Labute approximate surface area is 92.5 Å². The fourth-order valence-electron chi connectivity index (χ4n) is 1.44. The van der Waals surface area contributed by atoms with Crippen LogP contribution in [0.1, 0.15) is 28.9 Å². The number of aliphatic hydroxyl groups excluding tert-OH is 1. The molecule has 2 rings (SSSR count). The van der Waals surface area contributed by atoms with Gasteiger partial charge in [-0.15, -0.1) is 0 Å². The SMILES string of the molecule is Cc1nscc1C(=O)NCC1(CO)CC1. The maximum Gasteiger partial charge on any atom is 0.254 e. The molecule has 0 aromatic carbocycles. The Hall–Kier alpha value is -0.940. The number of hydrogen-bond donors (Lipinski definition) is 2. The van der Waals surface area contributed by atoms with Crippen LogP contribution in [0.4, 0.5) is 0 Å². The Balaban J connectivity index is 1.91. The summed E-state index contributed by atoms with van der Waals surface area (Å²) in [6.07, 6.45) is 2.01. The Morgan fingerprint density at radius 1 is 1.73 bits per heavy atom. The smallest absolute Gasteiger partial charge is 0.254 e. The van der Waals surface area contributed by atoms with Crippen LogP contribution in [-0.2, 0) is 0 Å². The van der Waals surface area contributed by atoms with Crippen LogP contribution in [0.3, 0.4) is 0 Å². The molecule has 1 aliphatic rings. The number of aryl methyl sites for hydroxylation is 1. The van der Waals surface area contributed by atoms with Crippen molar-refractivity contribution in [2.75, 3.05) is 13.2 Å². The van der Waals surface area contributed by atoms with Gasteiger partial charge in [0, 0.05) is 17.3 Å². The van der Waals surface area contributed by atoms with Crippen molar-refractivity contribution in [1.82, 2.24) is 9.69 Å². The highest BCUT2D eigenvalue weighted by atomic mass is 32.1. The molecule has 1 amide bonds. The molecule has 0 radical (unpaired) electrons. The van der Waals surface area contributed by atoms with E-state index in [0.717, 1.165) is 18.5 Å². The third-order valence-corrected chi connectivity index (χ3v) is 3.63. The highest BCUT2D eigenvalue weighted by Gasteiger charge is 2.42. The average molecular weight is 226 g/mol. The lowest BCUT2D eigenvalue weighted by atomic mass is 10.1. The van der Waals surface area contributed by atoms with Crippen molar-refractivity contribution in [3.63, 3.8) is 0 Å². The molecule has 4 nitrogen and oxygen atoms in total. The van der Waals surface area contributed by atoms with Crippen molar-refractivity contribution >= 4 is 17.4 Å². The van der Waals surface area contributed by atoms with E-state index in [9.17, 15) is 4.79 Å². The number of hydrogen-bond acceptors (Lipinski definition) is 4. The molecular weight excluding hydrogens is 212 g/mol. The lowest BCUT2D eigenvalue weighted by molar-refractivity contribution is 0.0935. The summed E-state index contributed by atoms with van der Waals surface area (Å²) in [5.41, 5.74) is 1.38. The molecule has 0 aliphatic heterocycles. The molecule has 1 saturated carbocycles. The highest BCUT2D eigenvalue weighted by Crippen LogP contribution is 2.44. The summed E-state index contributed by atoms with van der Waals surface area (Å²) in [4.78, 5) is 11.7. The van der Waals surface area contributed by atoms with Crippen LogP contribution >= 0.6 is 11.5 Å². The van der Waals surface area contributed by atoms with Crippen molar-refractivity contribution in [2.24, 2.45) is 5.41 Å². The van der Waals surface area contributed by atoms with Gasteiger partial charge >= 0.3 is 0 Å². The van der Waals surface area contributed by atoms with Gasteiger partial charge < -0.3 is 10.4 Å². The van der Waals surface area contributed by atoms with Crippen LogP contribution in [0.5, 0.6) is 0 Å². The van der Waals surface area contributed by atoms with E-state index in [1.54, 1.807) is 5.38 Å². The molecule has 0 saturated heterocycles. The van der Waals surface area contributed by atoms with E-state index in [4.69, 9.17) is 5.11 Å². The molecule has 1 heterocycles. The minimum absolute atomic E-state index is 0.0347. The Morgan fingerprint density at radius 3 is 2.93 bits per heavy atom. The molecule has 5 heteroatoms. The first-order chi connectivity index (χ1) is 7.17. The second-order valence-electron chi connectivity index (χ2n) is 4.15. The zero-order valence-corrected chi connectivity index (χ0v) is 9.43. The fourth-order valence-corrected chi connectivity index (χ4v) is 2.13. The van der Waals surface area contributed by atoms with Gasteiger partial charge in [0.15, 0.2) is 0 Å². The van der Waals surface area contributed by atoms with Crippen LogP contribution in [0, 0.1) is 12.3 Å². The van der Waals surface area contributed by atoms with Gasteiger partial charge in [-0.05, 0) is 31.3 Å². The van der Waals surface area contributed by atoms with Gasteiger partial charge in [0.2, 0.25) is 0 Å². The number of amides is 1. The van der Waals surface area contributed by atoms with Gasteiger partial charge in [-0.25, -0.2) is 0 Å². The summed E-state index contributed by atoms with van der Waals surface area (Å²) >= 11 is 1.29. The summed E-state index contributed by atoms with van der Waals surface area (Å²) in [5, 5.41) is 13.7. The van der Waals surface area contributed by atoms with E-state index in [-0.39, 0.29) is 17.9 Å². The molecule has 1 aliphatic carbocycles. The standard InChI is InChI=1S/C10H14N2O2S/c1-7-8(4-15-12-7)9(14)11-5-10(6-13)2-3-10/h4,13H,2-3,5-6H2,1H3,(H,11,14). The van der Waals surface area contributed by atoms with Gasteiger partial charge in [-0.3, -0.25) is 4.79 Å². The molecule has 1 aromatic rings. The van der Waals surface area contributed by atoms with Crippen LogP contribution in [0.15, 0.2) is 5.38 Å². The van der Waals surface area contributed by atoms with Crippen molar-refractivity contribution < 1.29 is 9.90 Å². The number of nitrogens with one attached hydrogen (secondary N) is 1. The maximum absolute atomic E-state index is 11.7. The van der Waals surface area contributed by atoms with E-state index < -0.39 is 0 Å².